The van der Waals surface area contributed by atoms with Gasteiger partial charge in [-0.1, -0.05) is 91.0 Å². The van der Waals surface area contributed by atoms with Crippen LogP contribution >= 0.6 is 0 Å². The smallest absolute Gasteiger partial charge is 0.487 e. The second-order valence-corrected chi connectivity index (χ2v) is 8.33. The molecule has 34 heavy (non-hydrogen) atoms. The maximum atomic E-state index is 12.4. The predicted molar refractivity (Wildman–Crippen MR) is 121 cm³/mol. The molecule has 7 heteroatoms. The Hall–Kier alpha value is -3.58. The van der Waals surface area contributed by atoms with Crippen molar-refractivity contribution in [3.63, 3.8) is 0 Å². The summed E-state index contributed by atoms with van der Waals surface area (Å²) in [4.78, 5) is 0. The lowest BCUT2D eigenvalue weighted by molar-refractivity contribution is -0.355. The Morgan fingerprint density at radius 2 is 1.18 bits per heavy atom. The van der Waals surface area contributed by atoms with E-state index in [2.05, 4.69) is 46.2 Å². The van der Waals surface area contributed by atoms with Crippen molar-refractivity contribution in [1.29, 1.82) is 0 Å². The molecule has 0 aliphatic heterocycles. The van der Waals surface area contributed by atoms with Crippen LogP contribution in [0.4, 0.5) is 13.2 Å². The summed E-state index contributed by atoms with van der Waals surface area (Å²) in [5, 5.41) is 4.69. The predicted octanol–water partition coefficient (Wildman–Crippen LogP) is 6.17. The fourth-order valence-corrected chi connectivity index (χ4v) is 4.58. The molecule has 1 aliphatic rings. The first kappa shape index (κ1) is 22.2. The number of ether oxygens (including phenoxy) is 2. The third-order valence-corrected chi connectivity index (χ3v) is 6.13. The minimum absolute atomic E-state index is 0.186. The summed E-state index contributed by atoms with van der Waals surface area (Å²) >= 11 is 0. The second-order valence-electron chi connectivity index (χ2n) is 8.33. The van der Waals surface area contributed by atoms with Crippen LogP contribution in [0.25, 0.3) is 0 Å². The van der Waals surface area contributed by atoms with Crippen LogP contribution in [0.1, 0.15) is 29.5 Å². The number of alkyl halides is 3. The summed E-state index contributed by atoms with van der Waals surface area (Å²) in [6.45, 7) is 0. The van der Waals surface area contributed by atoms with Crippen molar-refractivity contribution in [2.45, 2.75) is 37.0 Å². The van der Waals surface area contributed by atoms with Crippen LogP contribution < -0.4 is 4.74 Å². The molecule has 0 atom stereocenters. The highest BCUT2D eigenvalue weighted by Gasteiger charge is 2.42. The number of aromatic nitrogens is 2. The molecule has 5 rings (SSSR count). The molecule has 4 aromatic rings. The molecule has 1 aromatic heterocycles. The molecule has 174 valence electrons. The Balaban J connectivity index is 1.52. The van der Waals surface area contributed by atoms with E-state index in [4.69, 9.17) is 4.74 Å². The van der Waals surface area contributed by atoms with E-state index < -0.39 is 18.0 Å². The van der Waals surface area contributed by atoms with Gasteiger partial charge in [0.15, 0.2) is 5.75 Å². The first-order valence-electron chi connectivity index (χ1n) is 11.1. The highest BCUT2D eigenvalue weighted by atomic mass is 19.4. The quantitative estimate of drug-likeness (QED) is 0.307. The molecular formula is C27H23F3N2O2. The van der Waals surface area contributed by atoms with Crippen molar-refractivity contribution >= 4 is 0 Å². The van der Waals surface area contributed by atoms with Crippen molar-refractivity contribution in [2.75, 3.05) is 0 Å². The number of benzene rings is 3. The van der Waals surface area contributed by atoms with E-state index >= 15 is 0 Å². The molecule has 0 amide bonds. The maximum absolute atomic E-state index is 12.4. The fraction of sp³-hybridized carbons (Fsp3) is 0.222. The lowest BCUT2D eigenvalue weighted by Crippen LogP contribution is -2.42. The average Bonchev–Trinajstić information content (AvgIpc) is 3.28. The third kappa shape index (κ3) is 4.31. The molecule has 0 bridgehead atoms. The SMILES string of the molecule is FC(F)(F)OC1CC(Oc2cnn(C(c3ccccc3)(c3ccccc3)c3ccccc3)c2)C1. The monoisotopic (exact) mass is 464 g/mol. The van der Waals surface area contributed by atoms with Gasteiger partial charge in [-0.3, -0.25) is 4.74 Å². The molecule has 0 spiro atoms. The standard InChI is InChI=1S/C27H23F3N2O2/c28-27(29,30)34-24-16-23(17-24)33-25-18-31-32(19-25)26(20-10-4-1-5-11-20,21-12-6-2-7-13-21)22-14-8-3-9-15-22/h1-15,18-19,23-24H,16-17H2. The Labute approximate surface area is 195 Å². The van der Waals surface area contributed by atoms with Gasteiger partial charge in [0.1, 0.15) is 11.6 Å². The van der Waals surface area contributed by atoms with Crippen molar-refractivity contribution in [1.82, 2.24) is 9.78 Å². The highest BCUT2D eigenvalue weighted by Crippen LogP contribution is 2.41. The van der Waals surface area contributed by atoms with E-state index in [-0.39, 0.29) is 18.9 Å². The maximum Gasteiger partial charge on any atom is 0.522 e. The van der Waals surface area contributed by atoms with Crippen LogP contribution in [0.2, 0.25) is 0 Å². The molecule has 0 radical (unpaired) electrons. The minimum atomic E-state index is -4.62. The summed E-state index contributed by atoms with van der Waals surface area (Å²) in [6.07, 6.45) is -2.03. The van der Waals surface area contributed by atoms with Crippen LogP contribution in [0.5, 0.6) is 5.75 Å². The summed E-state index contributed by atoms with van der Waals surface area (Å²) in [7, 11) is 0. The topological polar surface area (TPSA) is 36.3 Å². The first-order valence-corrected chi connectivity index (χ1v) is 11.1. The molecule has 1 saturated carbocycles. The summed E-state index contributed by atoms with van der Waals surface area (Å²) in [5.41, 5.74) is 2.28. The summed E-state index contributed by atoms with van der Waals surface area (Å²) in [5.74, 6) is 0.502. The highest BCUT2D eigenvalue weighted by molar-refractivity contribution is 5.50. The largest absolute Gasteiger partial charge is 0.522 e. The van der Waals surface area contributed by atoms with Gasteiger partial charge >= 0.3 is 6.36 Å². The zero-order valence-electron chi connectivity index (χ0n) is 18.2. The zero-order valence-corrected chi connectivity index (χ0v) is 18.2. The van der Waals surface area contributed by atoms with Gasteiger partial charge in [0.25, 0.3) is 0 Å². The van der Waals surface area contributed by atoms with Crippen molar-refractivity contribution in [2.24, 2.45) is 0 Å². The van der Waals surface area contributed by atoms with E-state index in [9.17, 15) is 13.2 Å². The van der Waals surface area contributed by atoms with Gasteiger partial charge in [0, 0.05) is 12.8 Å². The van der Waals surface area contributed by atoms with Crippen LogP contribution in [-0.4, -0.2) is 28.4 Å². The minimum Gasteiger partial charge on any atom is -0.487 e. The van der Waals surface area contributed by atoms with Gasteiger partial charge < -0.3 is 4.74 Å². The van der Waals surface area contributed by atoms with Crippen LogP contribution in [0.3, 0.4) is 0 Å². The number of rotatable bonds is 7. The van der Waals surface area contributed by atoms with Crippen molar-refractivity contribution in [3.05, 3.63) is 120 Å². The first-order chi connectivity index (χ1) is 16.4. The molecule has 0 N–H and O–H groups in total. The molecule has 3 aromatic carbocycles. The molecule has 4 nitrogen and oxygen atoms in total. The van der Waals surface area contributed by atoms with E-state index in [0.717, 1.165) is 16.7 Å². The van der Waals surface area contributed by atoms with Crippen molar-refractivity contribution in [3.8, 4) is 5.75 Å². The molecule has 0 saturated heterocycles. The number of halogens is 3. The summed E-state index contributed by atoms with van der Waals surface area (Å²) in [6, 6.07) is 30.2. The third-order valence-electron chi connectivity index (χ3n) is 6.13. The lowest BCUT2D eigenvalue weighted by atomic mass is 9.77. The Morgan fingerprint density at radius 1 is 0.706 bits per heavy atom. The zero-order chi connectivity index (χ0) is 23.6. The van der Waals surface area contributed by atoms with Crippen LogP contribution in [-0.2, 0) is 10.3 Å². The second kappa shape index (κ2) is 8.99. The fourth-order valence-electron chi connectivity index (χ4n) is 4.58. The van der Waals surface area contributed by atoms with Gasteiger partial charge in [-0.15, -0.1) is 13.2 Å². The molecule has 1 aliphatic carbocycles. The van der Waals surface area contributed by atoms with E-state index in [0.29, 0.717) is 5.75 Å². The Morgan fingerprint density at radius 3 is 1.62 bits per heavy atom. The number of nitrogens with zero attached hydrogens (tertiary/aromatic N) is 2. The van der Waals surface area contributed by atoms with Gasteiger partial charge in [-0.05, 0) is 16.7 Å². The van der Waals surface area contributed by atoms with Crippen molar-refractivity contribution < 1.29 is 22.6 Å². The van der Waals surface area contributed by atoms with Gasteiger partial charge in [0.05, 0.1) is 18.5 Å². The van der Waals surface area contributed by atoms with Crippen LogP contribution in [0, 0.1) is 0 Å². The average molecular weight is 464 g/mol. The number of hydrogen-bond acceptors (Lipinski definition) is 3. The molecule has 1 fully saturated rings. The normalized spacial score (nSPS) is 18.3. The van der Waals surface area contributed by atoms with Gasteiger partial charge in [-0.2, -0.15) is 5.10 Å². The molecule has 1 heterocycles. The Kier molecular flexibility index (Phi) is 5.87. The lowest BCUT2D eigenvalue weighted by Gasteiger charge is -2.36. The Bertz CT molecular complexity index is 1110. The molecular weight excluding hydrogens is 441 g/mol. The molecule has 0 unspecified atom stereocenters. The number of hydrogen-bond donors (Lipinski definition) is 0. The van der Waals surface area contributed by atoms with E-state index in [1.807, 2.05) is 65.5 Å². The van der Waals surface area contributed by atoms with Crippen LogP contribution in [0.15, 0.2) is 103 Å². The summed E-state index contributed by atoms with van der Waals surface area (Å²) < 4.78 is 49.2. The van der Waals surface area contributed by atoms with E-state index in [1.165, 1.54) is 0 Å². The van der Waals surface area contributed by atoms with E-state index in [1.54, 1.807) is 6.20 Å². The van der Waals surface area contributed by atoms with Gasteiger partial charge in [-0.25, -0.2) is 4.68 Å². The van der Waals surface area contributed by atoms with Gasteiger partial charge in [0.2, 0.25) is 0 Å².